The van der Waals surface area contributed by atoms with E-state index in [1.807, 2.05) is 0 Å². The van der Waals surface area contributed by atoms with Crippen LogP contribution in [-0.2, 0) is 10.9 Å². The second-order valence-corrected chi connectivity index (χ2v) is 6.02. The normalized spacial score (nSPS) is 15.2. The number of halogens is 3. The van der Waals surface area contributed by atoms with Crippen molar-refractivity contribution >= 4 is 17.1 Å². The number of hydrogen-bond acceptors (Lipinski definition) is 3. The Morgan fingerprint density at radius 1 is 1.41 bits per heavy atom. The van der Waals surface area contributed by atoms with Crippen LogP contribution in [0.15, 0.2) is 18.3 Å². The molecule has 120 valence electrons. The molecule has 2 heterocycles. The molecule has 0 aliphatic heterocycles. The standard InChI is InChI=1S/C14H16F3N3O2/c1-13(2,3)10(22-12(18)21)8-4-7-5-9(14(15,16)17)20-11(7)19-6-8/h4-6,10H,1-3H3,(H2,18,21)(H,19,20)/i/hD2. The fourth-order valence-corrected chi connectivity index (χ4v) is 2.17. The largest absolute Gasteiger partial charge is 0.441 e. The Hall–Kier alpha value is -2.25. The van der Waals surface area contributed by atoms with Gasteiger partial charge in [0.2, 0.25) is 0 Å². The first-order valence-electron chi connectivity index (χ1n) is 7.33. The molecule has 1 unspecified atom stereocenters. The zero-order chi connectivity index (χ0) is 18.3. The highest BCUT2D eigenvalue weighted by Gasteiger charge is 2.34. The number of alkyl halides is 3. The third-order valence-corrected chi connectivity index (χ3v) is 3.10. The van der Waals surface area contributed by atoms with E-state index in [9.17, 15) is 18.0 Å². The summed E-state index contributed by atoms with van der Waals surface area (Å²) in [6, 6.07) is 2.37. The summed E-state index contributed by atoms with van der Waals surface area (Å²) in [5, 5.41) is 0.221. The van der Waals surface area contributed by atoms with E-state index >= 15 is 0 Å². The molecule has 2 aromatic heterocycles. The number of carbonyl (C=O) groups excluding carboxylic acids is 1. The fraction of sp³-hybridized carbons (Fsp3) is 0.429. The van der Waals surface area contributed by atoms with Crippen LogP contribution in [0.4, 0.5) is 18.0 Å². The van der Waals surface area contributed by atoms with E-state index in [1.54, 1.807) is 20.8 Å². The van der Waals surface area contributed by atoms with Crippen LogP contribution >= 0.6 is 0 Å². The van der Waals surface area contributed by atoms with E-state index in [4.69, 9.17) is 7.56 Å². The van der Waals surface area contributed by atoms with Crippen LogP contribution in [0.25, 0.3) is 11.0 Å². The first-order chi connectivity index (χ1) is 10.9. The third-order valence-electron chi connectivity index (χ3n) is 3.10. The van der Waals surface area contributed by atoms with Gasteiger partial charge in [-0.1, -0.05) is 20.8 Å². The van der Waals surface area contributed by atoms with Gasteiger partial charge in [-0.2, -0.15) is 13.2 Å². The van der Waals surface area contributed by atoms with E-state index in [0.717, 1.165) is 6.07 Å². The number of aromatic amines is 1. The minimum Gasteiger partial charge on any atom is -0.441 e. The monoisotopic (exact) mass is 317 g/mol. The number of ether oxygens (including phenoxy) is 1. The number of H-pyrrole nitrogens is 1. The summed E-state index contributed by atoms with van der Waals surface area (Å²) in [5.74, 6) is 0. The smallest absolute Gasteiger partial charge is 0.431 e. The van der Waals surface area contributed by atoms with Crippen molar-refractivity contribution in [1.29, 1.82) is 0 Å². The average molecular weight is 317 g/mol. The Labute approximate surface area is 127 Å². The van der Waals surface area contributed by atoms with Gasteiger partial charge in [0.1, 0.15) is 17.4 Å². The van der Waals surface area contributed by atoms with Crippen LogP contribution < -0.4 is 5.72 Å². The van der Waals surface area contributed by atoms with Crippen molar-refractivity contribution in [2.24, 2.45) is 11.1 Å². The van der Waals surface area contributed by atoms with Gasteiger partial charge in [0, 0.05) is 22.6 Å². The molecule has 8 heteroatoms. The molecule has 0 saturated carbocycles. The van der Waals surface area contributed by atoms with Gasteiger partial charge in [0.15, 0.2) is 2.82 Å². The summed E-state index contributed by atoms with van der Waals surface area (Å²) < 4.78 is 57.3. The van der Waals surface area contributed by atoms with Crippen LogP contribution in [0, 0.1) is 5.41 Å². The van der Waals surface area contributed by atoms with Crippen molar-refractivity contribution in [2.45, 2.75) is 33.1 Å². The van der Waals surface area contributed by atoms with Crippen molar-refractivity contribution in [3.8, 4) is 0 Å². The van der Waals surface area contributed by atoms with Gasteiger partial charge in [-0.15, -0.1) is 0 Å². The minimum atomic E-state index is -4.52. The van der Waals surface area contributed by atoms with E-state index in [2.05, 4.69) is 9.97 Å². The van der Waals surface area contributed by atoms with Gasteiger partial charge in [0.05, 0.1) is 0 Å². The Morgan fingerprint density at radius 2 is 2.09 bits per heavy atom. The van der Waals surface area contributed by atoms with Gasteiger partial charge in [-0.3, -0.25) is 0 Å². The molecule has 0 fully saturated rings. The molecule has 0 bridgehead atoms. The van der Waals surface area contributed by atoms with Gasteiger partial charge in [-0.05, 0) is 12.1 Å². The maximum absolute atomic E-state index is 12.8. The Morgan fingerprint density at radius 3 is 2.64 bits per heavy atom. The summed E-state index contributed by atoms with van der Waals surface area (Å²) >= 11 is 0. The number of pyridine rings is 1. The lowest BCUT2D eigenvalue weighted by molar-refractivity contribution is -0.140. The number of nitrogens with two attached hydrogens (primary N) is 1. The Balaban J connectivity index is 2.45. The van der Waals surface area contributed by atoms with Crippen molar-refractivity contribution in [3.05, 3.63) is 29.6 Å². The number of aromatic nitrogens is 2. The molecule has 0 aliphatic carbocycles. The van der Waals surface area contributed by atoms with Crippen LogP contribution in [0.3, 0.4) is 0 Å². The van der Waals surface area contributed by atoms with Crippen molar-refractivity contribution in [1.82, 2.24) is 9.97 Å². The molecule has 0 spiro atoms. The molecular formula is C14H16F3N3O2. The molecule has 2 aromatic rings. The maximum atomic E-state index is 12.8. The Kier molecular flexibility index (Phi) is 3.16. The molecule has 5 nitrogen and oxygen atoms in total. The van der Waals surface area contributed by atoms with Gasteiger partial charge < -0.3 is 15.4 Å². The van der Waals surface area contributed by atoms with Crippen LogP contribution in [0.5, 0.6) is 0 Å². The van der Waals surface area contributed by atoms with E-state index in [1.165, 1.54) is 12.3 Å². The number of rotatable bonds is 2. The molecule has 1 amide bonds. The van der Waals surface area contributed by atoms with Crippen LogP contribution in [0.2, 0.25) is 2.82 Å². The van der Waals surface area contributed by atoms with Crippen molar-refractivity contribution < 1.29 is 25.5 Å². The fourth-order valence-electron chi connectivity index (χ4n) is 2.17. The lowest BCUT2D eigenvalue weighted by atomic mass is 9.85. The SMILES string of the molecule is [2H]N([2H])C(=O)OC(c1cnc2[nH]c(C(F)(F)F)cc2c1)C(C)(C)C. The number of fused-ring (bicyclic) bond motifs is 1. The zero-order valence-electron chi connectivity index (χ0n) is 14.2. The highest BCUT2D eigenvalue weighted by Crippen LogP contribution is 2.37. The number of amides is 1. The molecule has 2 rings (SSSR count). The number of nitrogens with zero attached hydrogens (tertiary/aromatic N) is 1. The number of primary amides is 1. The highest BCUT2D eigenvalue weighted by atomic mass is 19.4. The highest BCUT2D eigenvalue weighted by molar-refractivity contribution is 5.77. The first kappa shape index (κ1) is 13.4. The summed E-state index contributed by atoms with van der Waals surface area (Å²) in [5.41, 5.74) is -1.31. The number of nitrogens with one attached hydrogen (secondary N) is 1. The van der Waals surface area contributed by atoms with Crippen LogP contribution in [-0.4, -0.2) is 16.1 Å². The zero-order valence-corrected chi connectivity index (χ0v) is 12.2. The van der Waals surface area contributed by atoms with Gasteiger partial charge in [0.25, 0.3) is 0 Å². The second-order valence-electron chi connectivity index (χ2n) is 6.02. The summed E-state index contributed by atoms with van der Waals surface area (Å²) in [4.78, 5) is 17.7. The predicted octanol–water partition coefficient (Wildman–Crippen LogP) is 3.76. The molecule has 1 atom stereocenters. The maximum Gasteiger partial charge on any atom is 0.431 e. The summed E-state index contributed by atoms with van der Waals surface area (Å²) in [7, 11) is 0. The third kappa shape index (κ3) is 3.32. The topological polar surface area (TPSA) is 81.0 Å². The number of hydrogen-bond donors (Lipinski definition) is 2. The van der Waals surface area contributed by atoms with Crippen molar-refractivity contribution in [2.75, 3.05) is 0 Å². The molecule has 0 aliphatic rings. The molecule has 22 heavy (non-hydrogen) atoms. The predicted molar refractivity (Wildman–Crippen MR) is 74.0 cm³/mol. The van der Waals surface area contributed by atoms with Gasteiger partial charge >= 0.3 is 12.3 Å². The lowest BCUT2D eigenvalue weighted by Gasteiger charge is -2.29. The van der Waals surface area contributed by atoms with E-state index in [-0.39, 0.29) is 16.8 Å². The average Bonchev–Trinajstić information content (AvgIpc) is 2.85. The lowest BCUT2D eigenvalue weighted by Crippen LogP contribution is -2.27. The number of carbonyl (C=O) groups is 1. The summed E-state index contributed by atoms with van der Waals surface area (Å²) in [6.45, 7) is 5.27. The quantitative estimate of drug-likeness (QED) is 0.884. The molecule has 3 N–H and O–H groups in total. The van der Waals surface area contributed by atoms with Crippen molar-refractivity contribution in [3.63, 3.8) is 0 Å². The molecular weight excluding hydrogens is 299 g/mol. The molecule has 0 saturated heterocycles. The van der Waals surface area contributed by atoms with E-state index < -0.39 is 29.5 Å². The minimum absolute atomic E-state index is 0.0627. The second kappa shape index (κ2) is 5.19. The molecule has 0 aromatic carbocycles. The van der Waals surface area contributed by atoms with Gasteiger partial charge in [-0.25, -0.2) is 9.78 Å². The Bertz CT molecular complexity index is 754. The van der Waals surface area contributed by atoms with E-state index in [0.29, 0.717) is 5.56 Å². The summed E-state index contributed by atoms with van der Waals surface area (Å²) in [6.07, 6.45) is -5.29. The first-order valence-corrected chi connectivity index (χ1v) is 6.44. The van der Waals surface area contributed by atoms with Crippen LogP contribution in [0.1, 0.15) is 38.1 Å². The molecule has 0 radical (unpaired) electrons.